The van der Waals surface area contributed by atoms with Crippen molar-refractivity contribution in [3.63, 3.8) is 0 Å². The van der Waals surface area contributed by atoms with Gasteiger partial charge in [0.05, 0.1) is 13.2 Å². The van der Waals surface area contributed by atoms with Gasteiger partial charge in [-0.1, -0.05) is 18.2 Å². The highest BCUT2D eigenvalue weighted by Gasteiger charge is 2.28. The van der Waals surface area contributed by atoms with Crippen molar-refractivity contribution in [1.82, 2.24) is 9.80 Å². The molecular weight excluding hydrogens is 250 g/mol. The van der Waals surface area contributed by atoms with E-state index in [0.717, 1.165) is 45.4 Å². The molecule has 20 heavy (non-hydrogen) atoms. The van der Waals surface area contributed by atoms with Crippen LogP contribution in [-0.4, -0.2) is 68.3 Å². The van der Waals surface area contributed by atoms with Crippen molar-refractivity contribution >= 4 is 5.69 Å². The van der Waals surface area contributed by atoms with Crippen LogP contribution in [0, 0.1) is 0 Å². The number of benzene rings is 1. The minimum atomic E-state index is 0.746. The molecule has 0 spiro atoms. The first-order valence-electron chi connectivity index (χ1n) is 7.75. The summed E-state index contributed by atoms with van der Waals surface area (Å²) in [6, 6.07) is 11.2. The Morgan fingerprint density at radius 1 is 1.10 bits per heavy atom. The summed E-state index contributed by atoms with van der Waals surface area (Å²) < 4.78 is 5.43. The maximum absolute atomic E-state index is 5.43. The second-order valence-corrected chi connectivity index (χ2v) is 5.68. The molecular formula is C16H25N3O. The summed E-state index contributed by atoms with van der Waals surface area (Å²) in [6.07, 6.45) is 1.31. The number of hydrogen-bond donors (Lipinski definition) is 1. The van der Waals surface area contributed by atoms with Crippen LogP contribution in [-0.2, 0) is 4.74 Å². The molecule has 2 fully saturated rings. The van der Waals surface area contributed by atoms with Crippen molar-refractivity contribution in [2.45, 2.75) is 12.5 Å². The lowest BCUT2D eigenvalue weighted by Crippen LogP contribution is -2.44. The normalized spacial score (nSPS) is 24.9. The number of likely N-dealkylation sites (tertiary alicyclic amines) is 1. The van der Waals surface area contributed by atoms with Gasteiger partial charge in [0.15, 0.2) is 0 Å². The standard InChI is InChI=1S/C16H25N3O/c1-2-4-15(5-3-1)17-7-9-18-8-6-16(14-18)19-10-12-20-13-11-19/h1-5,16-17H,6-14H2. The molecule has 0 bridgehead atoms. The van der Waals surface area contributed by atoms with Crippen LogP contribution in [0.4, 0.5) is 5.69 Å². The fourth-order valence-electron chi connectivity index (χ4n) is 3.17. The average Bonchev–Trinajstić information content (AvgIpc) is 2.98. The van der Waals surface area contributed by atoms with Crippen LogP contribution in [0.2, 0.25) is 0 Å². The minimum absolute atomic E-state index is 0.746. The Hall–Kier alpha value is -1.10. The van der Waals surface area contributed by atoms with E-state index in [2.05, 4.69) is 45.4 Å². The predicted molar refractivity (Wildman–Crippen MR) is 82.2 cm³/mol. The highest BCUT2D eigenvalue weighted by atomic mass is 16.5. The molecule has 4 heteroatoms. The summed E-state index contributed by atoms with van der Waals surface area (Å²) in [5.74, 6) is 0. The van der Waals surface area contributed by atoms with Crippen molar-refractivity contribution in [1.29, 1.82) is 0 Å². The molecule has 0 radical (unpaired) electrons. The van der Waals surface area contributed by atoms with E-state index in [-0.39, 0.29) is 0 Å². The zero-order chi connectivity index (χ0) is 13.6. The molecule has 2 aliphatic rings. The summed E-state index contributed by atoms with van der Waals surface area (Å²) in [7, 11) is 0. The van der Waals surface area contributed by atoms with Crippen LogP contribution < -0.4 is 5.32 Å². The first-order valence-corrected chi connectivity index (χ1v) is 7.75. The third-order valence-electron chi connectivity index (χ3n) is 4.34. The number of anilines is 1. The largest absolute Gasteiger partial charge is 0.384 e. The fraction of sp³-hybridized carbons (Fsp3) is 0.625. The summed E-state index contributed by atoms with van der Waals surface area (Å²) >= 11 is 0. The van der Waals surface area contributed by atoms with Crippen molar-refractivity contribution < 1.29 is 4.74 Å². The molecule has 2 saturated heterocycles. The molecule has 4 nitrogen and oxygen atoms in total. The lowest BCUT2D eigenvalue weighted by atomic mass is 10.2. The molecule has 3 rings (SSSR count). The summed E-state index contributed by atoms with van der Waals surface area (Å²) in [5, 5.41) is 3.49. The number of hydrogen-bond acceptors (Lipinski definition) is 4. The van der Waals surface area contributed by atoms with E-state index >= 15 is 0 Å². The van der Waals surface area contributed by atoms with E-state index in [1.807, 2.05) is 0 Å². The molecule has 1 N–H and O–H groups in total. The smallest absolute Gasteiger partial charge is 0.0594 e. The van der Waals surface area contributed by atoms with Gasteiger partial charge in [-0.05, 0) is 25.1 Å². The highest BCUT2D eigenvalue weighted by Crippen LogP contribution is 2.16. The highest BCUT2D eigenvalue weighted by molar-refractivity contribution is 5.42. The molecule has 0 aliphatic carbocycles. The molecule has 0 saturated carbocycles. The molecule has 2 heterocycles. The summed E-state index contributed by atoms with van der Waals surface area (Å²) in [6.45, 7) is 8.66. The van der Waals surface area contributed by atoms with Gasteiger partial charge in [0, 0.05) is 44.5 Å². The summed E-state index contributed by atoms with van der Waals surface area (Å²) in [4.78, 5) is 5.18. The molecule has 1 aromatic carbocycles. The van der Waals surface area contributed by atoms with Gasteiger partial charge in [0.25, 0.3) is 0 Å². The molecule has 0 amide bonds. The number of ether oxygens (including phenoxy) is 1. The Kier molecular flexibility index (Phi) is 4.90. The lowest BCUT2D eigenvalue weighted by molar-refractivity contribution is 0.0186. The third-order valence-corrected chi connectivity index (χ3v) is 4.34. The van der Waals surface area contributed by atoms with E-state index in [9.17, 15) is 0 Å². The quantitative estimate of drug-likeness (QED) is 0.881. The van der Waals surface area contributed by atoms with Crippen LogP contribution in [0.25, 0.3) is 0 Å². The number of nitrogens with one attached hydrogen (secondary N) is 1. The zero-order valence-corrected chi connectivity index (χ0v) is 12.1. The van der Waals surface area contributed by atoms with Crippen molar-refractivity contribution in [3.8, 4) is 0 Å². The van der Waals surface area contributed by atoms with Gasteiger partial charge < -0.3 is 10.1 Å². The van der Waals surface area contributed by atoms with Gasteiger partial charge in [-0.2, -0.15) is 0 Å². The van der Waals surface area contributed by atoms with Crippen LogP contribution in [0.1, 0.15) is 6.42 Å². The first kappa shape index (κ1) is 13.9. The minimum Gasteiger partial charge on any atom is -0.384 e. The van der Waals surface area contributed by atoms with Crippen LogP contribution >= 0.6 is 0 Å². The number of para-hydroxylation sites is 1. The molecule has 110 valence electrons. The van der Waals surface area contributed by atoms with E-state index in [1.54, 1.807) is 0 Å². The monoisotopic (exact) mass is 275 g/mol. The van der Waals surface area contributed by atoms with Crippen molar-refractivity contribution in [2.75, 3.05) is 57.8 Å². The third kappa shape index (κ3) is 3.72. The Bertz CT molecular complexity index is 392. The van der Waals surface area contributed by atoms with Gasteiger partial charge in [-0.25, -0.2) is 0 Å². The van der Waals surface area contributed by atoms with E-state index in [1.165, 1.54) is 25.2 Å². The van der Waals surface area contributed by atoms with Gasteiger partial charge in [0.2, 0.25) is 0 Å². The Morgan fingerprint density at radius 3 is 2.70 bits per heavy atom. The predicted octanol–water partition coefficient (Wildman–Crippen LogP) is 1.50. The number of morpholine rings is 1. The van der Waals surface area contributed by atoms with E-state index in [4.69, 9.17) is 4.74 Å². The molecule has 1 atom stereocenters. The molecule has 1 unspecified atom stereocenters. The van der Waals surface area contributed by atoms with Crippen LogP contribution in [0.5, 0.6) is 0 Å². The second kappa shape index (κ2) is 7.07. The number of nitrogens with zero attached hydrogens (tertiary/aromatic N) is 2. The van der Waals surface area contributed by atoms with E-state index in [0.29, 0.717) is 0 Å². The summed E-state index contributed by atoms with van der Waals surface area (Å²) in [5.41, 5.74) is 1.22. The topological polar surface area (TPSA) is 27.7 Å². The SMILES string of the molecule is c1ccc(NCCN2CCC(N3CCOCC3)C2)cc1. The first-order chi connectivity index (χ1) is 9.92. The maximum atomic E-state index is 5.43. The molecule has 2 aliphatic heterocycles. The van der Waals surface area contributed by atoms with Crippen molar-refractivity contribution in [3.05, 3.63) is 30.3 Å². The lowest BCUT2D eigenvalue weighted by Gasteiger charge is -2.32. The maximum Gasteiger partial charge on any atom is 0.0594 e. The average molecular weight is 275 g/mol. The molecule has 0 aromatic heterocycles. The zero-order valence-electron chi connectivity index (χ0n) is 12.1. The van der Waals surface area contributed by atoms with Gasteiger partial charge >= 0.3 is 0 Å². The fourth-order valence-corrected chi connectivity index (χ4v) is 3.17. The number of rotatable bonds is 5. The Morgan fingerprint density at radius 2 is 1.90 bits per heavy atom. The van der Waals surface area contributed by atoms with Crippen LogP contribution in [0.15, 0.2) is 30.3 Å². The second-order valence-electron chi connectivity index (χ2n) is 5.68. The van der Waals surface area contributed by atoms with Gasteiger partial charge in [0.1, 0.15) is 0 Å². The Balaban J connectivity index is 1.37. The molecule has 1 aromatic rings. The van der Waals surface area contributed by atoms with Crippen molar-refractivity contribution in [2.24, 2.45) is 0 Å². The van der Waals surface area contributed by atoms with Crippen LogP contribution in [0.3, 0.4) is 0 Å². The van der Waals surface area contributed by atoms with E-state index < -0.39 is 0 Å². The van der Waals surface area contributed by atoms with Gasteiger partial charge in [-0.15, -0.1) is 0 Å². The Labute approximate surface area is 121 Å². The van der Waals surface area contributed by atoms with Gasteiger partial charge in [-0.3, -0.25) is 9.80 Å².